The third kappa shape index (κ3) is 3.27. The molecule has 1 aliphatic rings. The molecule has 0 aromatic heterocycles. The van der Waals surface area contributed by atoms with Gasteiger partial charge in [0.15, 0.2) is 0 Å². The van der Waals surface area contributed by atoms with Gasteiger partial charge in [-0.2, -0.15) is 13.2 Å². The average Bonchev–Trinajstić information content (AvgIpc) is 2.24. The van der Waals surface area contributed by atoms with Crippen molar-refractivity contribution in [1.82, 2.24) is 0 Å². The normalized spacial score (nSPS) is 22.9. The average molecular weight is 288 g/mol. The second-order valence-corrected chi connectivity index (χ2v) is 5.63. The van der Waals surface area contributed by atoms with Crippen molar-refractivity contribution in [2.24, 2.45) is 0 Å². The van der Waals surface area contributed by atoms with Crippen LogP contribution in [0.4, 0.5) is 13.2 Å². The van der Waals surface area contributed by atoms with E-state index in [0.29, 0.717) is 12.5 Å². The van der Waals surface area contributed by atoms with E-state index in [4.69, 9.17) is 9.31 Å². The molecule has 0 radical (unpaired) electrons. The second-order valence-electron chi connectivity index (χ2n) is 5.63. The summed E-state index contributed by atoms with van der Waals surface area (Å²) < 4.78 is 50.2. The molecule has 7 heteroatoms. The molecule has 0 aliphatic carbocycles. The van der Waals surface area contributed by atoms with Crippen LogP contribution in [0.2, 0.25) is 0 Å². The molecule has 20 heavy (non-hydrogen) atoms. The largest absolute Gasteiger partial charge is 0.508 e. The first-order valence-electron chi connectivity index (χ1n) is 6.32. The van der Waals surface area contributed by atoms with E-state index in [-0.39, 0.29) is 11.6 Å². The summed E-state index contributed by atoms with van der Waals surface area (Å²) in [4.78, 5) is 0. The molecule has 1 N–H and O–H groups in total. The van der Waals surface area contributed by atoms with Crippen LogP contribution in [0.15, 0.2) is 18.2 Å². The van der Waals surface area contributed by atoms with Gasteiger partial charge in [-0.15, -0.1) is 0 Å². The summed E-state index contributed by atoms with van der Waals surface area (Å²) in [7, 11) is -1.09. The molecule has 2 rings (SSSR count). The topological polar surface area (TPSA) is 38.7 Å². The van der Waals surface area contributed by atoms with Crippen LogP contribution in [0.5, 0.6) is 5.75 Å². The Balaban J connectivity index is 2.42. The highest BCUT2D eigenvalue weighted by atomic mass is 19.4. The zero-order chi connectivity index (χ0) is 15.1. The number of phenols is 1. The fourth-order valence-electron chi connectivity index (χ4n) is 2.45. The van der Waals surface area contributed by atoms with Gasteiger partial charge < -0.3 is 14.4 Å². The fourth-order valence-corrected chi connectivity index (χ4v) is 2.45. The summed E-state index contributed by atoms with van der Waals surface area (Å²) >= 11 is 0. The Morgan fingerprint density at radius 1 is 1.35 bits per heavy atom. The number of benzene rings is 1. The zero-order valence-corrected chi connectivity index (χ0v) is 11.5. The standard InChI is InChI=1S/C13H16BF3O3/c1-8-7-12(2,3)20-14(19-8)11-5-4-9(18)6-10(11)13(15,16)17/h4-6,8,18H,7H2,1-3H3. The first-order chi connectivity index (χ1) is 9.08. The number of hydrogen-bond donors (Lipinski definition) is 1. The summed E-state index contributed by atoms with van der Waals surface area (Å²) in [6.07, 6.45) is -4.19. The lowest BCUT2D eigenvalue weighted by atomic mass is 9.72. The van der Waals surface area contributed by atoms with Crippen LogP contribution in [0.3, 0.4) is 0 Å². The van der Waals surface area contributed by atoms with E-state index in [0.717, 1.165) is 0 Å². The van der Waals surface area contributed by atoms with Crippen LogP contribution < -0.4 is 5.46 Å². The molecular weight excluding hydrogens is 272 g/mol. The Morgan fingerprint density at radius 2 is 2.00 bits per heavy atom. The number of hydrogen-bond acceptors (Lipinski definition) is 3. The smallest absolute Gasteiger partial charge is 0.495 e. The van der Waals surface area contributed by atoms with E-state index in [1.54, 1.807) is 6.92 Å². The molecule has 0 spiro atoms. The molecule has 3 nitrogen and oxygen atoms in total. The van der Waals surface area contributed by atoms with E-state index in [1.165, 1.54) is 12.1 Å². The van der Waals surface area contributed by atoms with Gasteiger partial charge in [0.1, 0.15) is 5.75 Å². The minimum absolute atomic E-state index is 0.116. The van der Waals surface area contributed by atoms with Crippen molar-refractivity contribution in [3.8, 4) is 5.75 Å². The zero-order valence-electron chi connectivity index (χ0n) is 11.5. The quantitative estimate of drug-likeness (QED) is 0.807. The lowest BCUT2D eigenvalue weighted by molar-refractivity contribution is -0.137. The van der Waals surface area contributed by atoms with Gasteiger partial charge >= 0.3 is 13.3 Å². The number of halogens is 3. The van der Waals surface area contributed by atoms with Crippen molar-refractivity contribution in [2.45, 2.75) is 45.1 Å². The number of alkyl halides is 3. The Hall–Kier alpha value is -1.21. The van der Waals surface area contributed by atoms with Gasteiger partial charge in [0.05, 0.1) is 11.2 Å². The summed E-state index contributed by atoms with van der Waals surface area (Å²) in [5.41, 5.74) is -1.62. The van der Waals surface area contributed by atoms with E-state index in [1.807, 2.05) is 13.8 Å². The molecule has 110 valence electrons. The molecule has 1 saturated heterocycles. The van der Waals surface area contributed by atoms with E-state index in [2.05, 4.69) is 0 Å². The number of phenolic OH excluding ortho intramolecular Hbond substituents is 1. The van der Waals surface area contributed by atoms with Crippen LogP contribution in [0.25, 0.3) is 0 Å². The molecule has 0 amide bonds. The van der Waals surface area contributed by atoms with Crippen LogP contribution in [-0.4, -0.2) is 23.9 Å². The first-order valence-corrected chi connectivity index (χ1v) is 6.32. The van der Waals surface area contributed by atoms with Gasteiger partial charge in [0.2, 0.25) is 0 Å². The highest BCUT2D eigenvalue weighted by Gasteiger charge is 2.43. The van der Waals surface area contributed by atoms with E-state index >= 15 is 0 Å². The van der Waals surface area contributed by atoms with Crippen molar-refractivity contribution in [3.05, 3.63) is 23.8 Å². The van der Waals surface area contributed by atoms with Crippen molar-refractivity contribution in [1.29, 1.82) is 0 Å². The lowest BCUT2D eigenvalue weighted by Gasteiger charge is -2.38. The molecule has 1 aliphatic heterocycles. The summed E-state index contributed by atoms with van der Waals surface area (Å²) in [5, 5.41) is 9.27. The van der Waals surface area contributed by atoms with Crippen molar-refractivity contribution >= 4 is 12.6 Å². The molecule has 1 fully saturated rings. The molecule has 1 heterocycles. The summed E-state index contributed by atoms with van der Waals surface area (Å²) in [5.74, 6) is -0.441. The SMILES string of the molecule is CC1CC(C)(C)OB(c2ccc(O)cc2C(F)(F)F)O1. The Morgan fingerprint density at radius 3 is 2.55 bits per heavy atom. The highest BCUT2D eigenvalue weighted by molar-refractivity contribution is 6.62. The van der Waals surface area contributed by atoms with Crippen LogP contribution in [-0.2, 0) is 15.5 Å². The van der Waals surface area contributed by atoms with Gasteiger partial charge in [-0.1, -0.05) is 6.07 Å². The monoisotopic (exact) mass is 288 g/mol. The second kappa shape index (κ2) is 4.97. The first kappa shape index (κ1) is 15.2. The maximum atomic E-state index is 13.1. The molecule has 1 atom stereocenters. The van der Waals surface area contributed by atoms with Crippen LogP contribution in [0.1, 0.15) is 32.8 Å². The summed E-state index contributed by atoms with van der Waals surface area (Å²) in [6.45, 7) is 5.42. The van der Waals surface area contributed by atoms with Crippen LogP contribution >= 0.6 is 0 Å². The van der Waals surface area contributed by atoms with Crippen molar-refractivity contribution in [3.63, 3.8) is 0 Å². The minimum Gasteiger partial charge on any atom is -0.508 e. The van der Waals surface area contributed by atoms with Gasteiger partial charge in [0.25, 0.3) is 0 Å². The van der Waals surface area contributed by atoms with Crippen molar-refractivity contribution in [2.75, 3.05) is 0 Å². The Labute approximate surface area is 115 Å². The van der Waals surface area contributed by atoms with Crippen LogP contribution in [0, 0.1) is 0 Å². The van der Waals surface area contributed by atoms with Gasteiger partial charge in [-0.05, 0) is 44.8 Å². The molecule has 1 aromatic carbocycles. The van der Waals surface area contributed by atoms with Gasteiger partial charge in [-0.25, -0.2) is 0 Å². The minimum atomic E-state index is -4.58. The maximum Gasteiger partial charge on any atom is 0.495 e. The number of rotatable bonds is 1. The molecule has 0 saturated carbocycles. The lowest BCUT2D eigenvalue weighted by Crippen LogP contribution is -2.53. The predicted octanol–water partition coefficient (Wildman–Crippen LogP) is 2.71. The predicted molar refractivity (Wildman–Crippen MR) is 68.8 cm³/mol. The Bertz CT molecular complexity index is 502. The summed E-state index contributed by atoms with van der Waals surface area (Å²) in [6, 6.07) is 3.08. The molecule has 0 bridgehead atoms. The molecule has 1 aromatic rings. The van der Waals surface area contributed by atoms with Gasteiger partial charge in [0, 0.05) is 6.10 Å². The Kier molecular flexibility index (Phi) is 3.77. The third-order valence-electron chi connectivity index (χ3n) is 3.16. The number of aromatic hydroxyl groups is 1. The molecule has 1 unspecified atom stereocenters. The highest BCUT2D eigenvalue weighted by Crippen LogP contribution is 2.32. The van der Waals surface area contributed by atoms with E-state index < -0.39 is 30.2 Å². The van der Waals surface area contributed by atoms with Crippen molar-refractivity contribution < 1.29 is 27.6 Å². The maximum absolute atomic E-state index is 13.1. The molecular formula is C13H16BF3O3. The van der Waals surface area contributed by atoms with Gasteiger partial charge in [-0.3, -0.25) is 0 Å². The fraction of sp³-hybridized carbons (Fsp3) is 0.538. The third-order valence-corrected chi connectivity index (χ3v) is 3.16. The van der Waals surface area contributed by atoms with E-state index in [9.17, 15) is 18.3 Å².